The van der Waals surface area contributed by atoms with Crippen molar-refractivity contribution in [2.45, 2.75) is 86.8 Å². The maximum absolute atomic E-state index is 14.0. The quantitative estimate of drug-likeness (QED) is 0.399. The lowest BCUT2D eigenvalue weighted by Gasteiger charge is -2.46. The largest absolute Gasteiger partial charge is 0.490 e. The average Bonchev–Trinajstić information content (AvgIpc) is 3.53. The van der Waals surface area contributed by atoms with Crippen LogP contribution in [-0.4, -0.2) is 78.4 Å². The molecule has 0 radical (unpaired) electrons. The minimum absolute atomic E-state index is 0.109. The van der Waals surface area contributed by atoms with E-state index < -0.39 is 27.3 Å². The van der Waals surface area contributed by atoms with Gasteiger partial charge in [-0.2, -0.15) is 0 Å². The van der Waals surface area contributed by atoms with Crippen molar-refractivity contribution in [3.8, 4) is 5.75 Å². The van der Waals surface area contributed by atoms with Gasteiger partial charge in [-0.15, -0.1) is 0 Å². The molecule has 260 valence electrons. The van der Waals surface area contributed by atoms with E-state index in [1.807, 2.05) is 18.2 Å². The maximum atomic E-state index is 14.0. The summed E-state index contributed by atoms with van der Waals surface area (Å²) in [6, 6.07) is 11.5. The zero-order valence-electron chi connectivity index (χ0n) is 27.9. The second kappa shape index (κ2) is 13.9. The molecule has 1 saturated heterocycles. The Morgan fingerprint density at radius 1 is 1.08 bits per heavy atom. The molecule has 2 aromatic carbocycles. The number of halogens is 1. The standard InChI is InChI=1S/C37H47ClN2O7S/c1-44-32-8-3-9-34(45-2)35(20-28-7-5-17-46-28)48(42,43)39-36(41)25-11-15-33-31(19-25)40(21-26-10-13-29(26)32)22-37(23-47-33)16-4-6-24-18-27(38)12-14-30(24)37/h3,8,11-12,14-15,18-19,26,28-29,32,34-35H,4-7,9-10,13,16-17,20-23H2,1-2H3,(H,39,41)/b8-3+/t26-,28-,29+,32-,34-,35+,37-/m0/s1. The zero-order valence-corrected chi connectivity index (χ0v) is 29.4. The third kappa shape index (κ3) is 6.63. The van der Waals surface area contributed by atoms with Gasteiger partial charge in [-0.25, -0.2) is 13.1 Å². The molecule has 5 aliphatic rings. The molecule has 0 unspecified atom stereocenters. The molecule has 3 heterocycles. The van der Waals surface area contributed by atoms with Gasteiger partial charge in [0.2, 0.25) is 10.0 Å². The van der Waals surface area contributed by atoms with Crippen molar-refractivity contribution in [3.63, 3.8) is 0 Å². The van der Waals surface area contributed by atoms with Gasteiger partial charge in [0.1, 0.15) is 11.0 Å². The SMILES string of the molecule is CO[C@H]1/C=C/C[C@H](OC)[C@@H](C[C@@H]2CCCO2)S(=O)(=O)NC(=O)c2ccc3c(c2)N(C[C@@H]2CC[C@H]21)C[C@@]1(CCCc2cc(Cl)ccc21)CO3. The number of rotatable bonds is 4. The Kier molecular flexibility index (Phi) is 9.83. The molecule has 11 heteroatoms. The van der Waals surface area contributed by atoms with Crippen molar-refractivity contribution in [2.75, 3.05) is 45.4 Å². The molecule has 1 spiro atoms. The Bertz CT molecular complexity index is 1640. The lowest BCUT2D eigenvalue weighted by Crippen LogP contribution is -2.49. The van der Waals surface area contributed by atoms with Gasteiger partial charge in [-0.05, 0) is 111 Å². The molecule has 1 amide bonds. The first-order valence-corrected chi connectivity index (χ1v) is 19.3. The monoisotopic (exact) mass is 698 g/mol. The third-order valence-corrected chi connectivity index (χ3v) is 13.5. The van der Waals surface area contributed by atoms with E-state index >= 15 is 0 Å². The molecule has 2 aromatic rings. The van der Waals surface area contributed by atoms with Gasteiger partial charge in [-0.3, -0.25) is 4.79 Å². The Morgan fingerprint density at radius 2 is 1.96 bits per heavy atom. The van der Waals surface area contributed by atoms with Gasteiger partial charge in [0.25, 0.3) is 5.91 Å². The predicted molar refractivity (Wildman–Crippen MR) is 186 cm³/mol. The average molecular weight is 699 g/mol. The van der Waals surface area contributed by atoms with Crippen LogP contribution in [0.25, 0.3) is 0 Å². The summed E-state index contributed by atoms with van der Waals surface area (Å²) in [5.41, 5.74) is 3.37. The Hall–Kier alpha value is -2.63. The normalized spacial score (nSPS) is 33.8. The van der Waals surface area contributed by atoms with Crippen LogP contribution >= 0.6 is 11.6 Å². The van der Waals surface area contributed by atoms with Crippen molar-refractivity contribution in [2.24, 2.45) is 11.8 Å². The highest BCUT2D eigenvalue weighted by atomic mass is 35.5. The van der Waals surface area contributed by atoms with Crippen LogP contribution in [0.1, 0.15) is 72.9 Å². The number of hydrogen-bond acceptors (Lipinski definition) is 8. The summed E-state index contributed by atoms with van der Waals surface area (Å²) in [6.07, 6.45) is 10.5. The fourth-order valence-electron chi connectivity index (χ4n) is 8.77. The number of nitrogens with zero attached hydrogens (tertiary/aromatic N) is 1. The number of hydrogen-bond donors (Lipinski definition) is 1. The number of ether oxygens (including phenoxy) is 4. The summed E-state index contributed by atoms with van der Waals surface area (Å²) in [7, 11) is -0.877. The van der Waals surface area contributed by atoms with E-state index in [-0.39, 0.29) is 29.6 Å². The van der Waals surface area contributed by atoms with E-state index in [0.29, 0.717) is 43.8 Å². The molecule has 2 aliphatic carbocycles. The molecule has 2 bridgehead atoms. The number of nitrogens with one attached hydrogen (secondary N) is 1. The lowest BCUT2D eigenvalue weighted by molar-refractivity contribution is 0.0128. The van der Waals surface area contributed by atoms with Crippen molar-refractivity contribution in [1.29, 1.82) is 0 Å². The fraction of sp³-hybridized carbons (Fsp3) is 0.595. The number of aryl methyl sites for hydroxylation is 1. The molecule has 9 nitrogen and oxygen atoms in total. The van der Waals surface area contributed by atoms with Crippen LogP contribution in [0.15, 0.2) is 48.6 Å². The van der Waals surface area contributed by atoms with Crippen molar-refractivity contribution < 1.29 is 32.2 Å². The number of carbonyl (C=O) groups excluding carboxylic acids is 1. The summed E-state index contributed by atoms with van der Waals surface area (Å²) in [5, 5.41) is -0.241. The molecule has 48 heavy (non-hydrogen) atoms. The van der Waals surface area contributed by atoms with E-state index in [9.17, 15) is 13.2 Å². The first-order valence-electron chi connectivity index (χ1n) is 17.4. The van der Waals surface area contributed by atoms with E-state index in [0.717, 1.165) is 62.2 Å². The van der Waals surface area contributed by atoms with Crippen LogP contribution in [0, 0.1) is 11.8 Å². The molecule has 1 N–H and O–H groups in total. The van der Waals surface area contributed by atoms with E-state index in [2.05, 4.69) is 27.8 Å². The van der Waals surface area contributed by atoms with E-state index in [1.165, 1.54) is 18.2 Å². The van der Waals surface area contributed by atoms with Gasteiger partial charge in [0.15, 0.2) is 0 Å². The van der Waals surface area contributed by atoms with Crippen molar-refractivity contribution in [1.82, 2.24) is 4.72 Å². The molecule has 7 atom stereocenters. The highest BCUT2D eigenvalue weighted by Gasteiger charge is 2.45. The second-order valence-corrected chi connectivity index (χ2v) is 16.6. The van der Waals surface area contributed by atoms with Gasteiger partial charge in [-0.1, -0.05) is 29.8 Å². The van der Waals surface area contributed by atoms with Gasteiger partial charge in [0, 0.05) is 49.9 Å². The molecule has 7 rings (SSSR count). The van der Waals surface area contributed by atoms with Crippen LogP contribution < -0.4 is 14.4 Å². The number of methoxy groups -OCH3 is 2. The predicted octanol–water partition coefficient (Wildman–Crippen LogP) is 5.83. The Balaban J connectivity index is 1.28. The van der Waals surface area contributed by atoms with Gasteiger partial charge >= 0.3 is 0 Å². The summed E-state index contributed by atoms with van der Waals surface area (Å²) in [6.45, 7) is 2.60. The third-order valence-electron chi connectivity index (χ3n) is 11.5. The molecular formula is C37H47ClN2O7S. The molecule has 1 saturated carbocycles. The summed E-state index contributed by atoms with van der Waals surface area (Å²) in [5.74, 6) is 0.708. The zero-order chi connectivity index (χ0) is 33.5. The molecule has 0 aromatic heterocycles. The lowest BCUT2D eigenvalue weighted by atomic mass is 9.68. The smallest absolute Gasteiger partial charge is 0.264 e. The molecule has 2 fully saturated rings. The number of anilines is 1. The highest BCUT2D eigenvalue weighted by molar-refractivity contribution is 7.90. The van der Waals surface area contributed by atoms with Crippen molar-refractivity contribution >= 4 is 33.2 Å². The number of sulfonamides is 1. The number of fused-ring (bicyclic) bond motifs is 4. The minimum Gasteiger partial charge on any atom is -0.490 e. The Labute approximate surface area is 289 Å². The van der Waals surface area contributed by atoms with Gasteiger partial charge < -0.3 is 23.8 Å². The number of carbonyl (C=O) groups is 1. The molecule has 3 aliphatic heterocycles. The van der Waals surface area contributed by atoms with Crippen molar-refractivity contribution in [3.05, 3.63) is 70.3 Å². The van der Waals surface area contributed by atoms with Crippen LogP contribution in [-0.2, 0) is 36.1 Å². The van der Waals surface area contributed by atoms with Crippen LogP contribution in [0.2, 0.25) is 5.02 Å². The Morgan fingerprint density at radius 3 is 2.71 bits per heavy atom. The highest BCUT2D eigenvalue weighted by Crippen LogP contribution is 2.47. The number of benzene rings is 2. The topological polar surface area (TPSA) is 103 Å². The summed E-state index contributed by atoms with van der Waals surface area (Å²) < 4.78 is 54.8. The minimum atomic E-state index is -4.15. The fourth-order valence-corrected chi connectivity index (χ4v) is 10.6. The van der Waals surface area contributed by atoms with E-state index in [4.69, 9.17) is 30.5 Å². The van der Waals surface area contributed by atoms with Crippen LogP contribution in [0.5, 0.6) is 5.75 Å². The van der Waals surface area contributed by atoms with Crippen LogP contribution in [0.3, 0.4) is 0 Å². The summed E-state index contributed by atoms with van der Waals surface area (Å²) in [4.78, 5) is 16.2. The van der Waals surface area contributed by atoms with Crippen LogP contribution in [0.4, 0.5) is 5.69 Å². The number of amides is 1. The first kappa shape index (κ1) is 33.8. The second-order valence-electron chi connectivity index (χ2n) is 14.3. The van der Waals surface area contributed by atoms with E-state index in [1.54, 1.807) is 19.2 Å². The maximum Gasteiger partial charge on any atom is 0.264 e. The first-order chi connectivity index (χ1) is 23.2. The molecular weight excluding hydrogens is 652 g/mol. The summed E-state index contributed by atoms with van der Waals surface area (Å²) >= 11 is 6.44. The van der Waals surface area contributed by atoms with Gasteiger partial charge in [0.05, 0.1) is 30.6 Å².